The highest BCUT2D eigenvalue weighted by Gasteiger charge is 2.17. The van der Waals surface area contributed by atoms with Gasteiger partial charge in [-0.25, -0.2) is 4.98 Å². The Hall–Kier alpha value is -2.95. The molecule has 0 radical (unpaired) electrons. The summed E-state index contributed by atoms with van der Waals surface area (Å²) < 4.78 is 11.7. The number of nitrogen functional groups attached to an aromatic ring is 1. The van der Waals surface area contributed by atoms with Crippen LogP contribution in [0.2, 0.25) is 0 Å². The van der Waals surface area contributed by atoms with E-state index in [0.717, 1.165) is 54.4 Å². The van der Waals surface area contributed by atoms with Gasteiger partial charge in [0.05, 0.1) is 24.5 Å². The van der Waals surface area contributed by atoms with Crippen molar-refractivity contribution < 1.29 is 14.6 Å². The number of rotatable bonds is 14. The maximum absolute atomic E-state index is 9.91. The van der Waals surface area contributed by atoms with Crippen molar-refractivity contribution in [1.82, 2.24) is 9.88 Å². The third kappa shape index (κ3) is 8.52. The van der Waals surface area contributed by atoms with Crippen molar-refractivity contribution in [2.45, 2.75) is 25.7 Å². The van der Waals surface area contributed by atoms with Crippen LogP contribution in [0.4, 0.5) is 5.13 Å². The van der Waals surface area contributed by atoms with Gasteiger partial charge >= 0.3 is 0 Å². The van der Waals surface area contributed by atoms with Crippen LogP contribution in [0.5, 0.6) is 17.2 Å². The van der Waals surface area contributed by atoms with Crippen LogP contribution in [-0.2, 0) is 6.42 Å². The van der Waals surface area contributed by atoms with Crippen molar-refractivity contribution >= 4 is 34.1 Å². The third-order valence-electron chi connectivity index (χ3n) is 6.54. The topological polar surface area (TPSA) is 108 Å². The summed E-state index contributed by atoms with van der Waals surface area (Å²) in [6.45, 7) is 4.64. The normalized spacial score (nSPS) is 13.8. The molecule has 1 aliphatic rings. The largest absolute Gasteiger partial charge is 0.507 e. The van der Waals surface area contributed by atoms with Crippen LogP contribution < -0.4 is 20.1 Å². The van der Waals surface area contributed by atoms with Gasteiger partial charge in [-0.2, -0.15) is 11.8 Å². The van der Waals surface area contributed by atoms with Gasteiger partial charge in [0, 0.05) is 61.7 Å². The Balaban J connectivity index is 1.21. The molecule has 210 valence electrons. The summed E-state index contributed by atoms with van der Waals surface area (Å²) in [7, 11) is 4.10. The molecule has 0 aliphatic carbocycles. The zero-order valence-corrected chi connectivity index (χ0v) is 24.5. The summed E-state index contributed by atoms with van der Waals surface area (Å²) in [4.78, 5) is 11.0. The smallest absolute Gasteiger partial charge is 0.185 e. The van der Waals surface area contributed by atoms with Crippen molar-refractivity contribution in [3.63, 3.8) is 0 Å². The van der Waals surface area contributed by atoms with E-state index in [1.807, 2.05) is 23.9 Å². The van der Waals surface area contributed by atoms with Crippen molar-refractivity contribution in [1.29, 1.82) is 5.41 Å². The molecule has 1 fully saturated rings. The average Bonchev–Trinajstić information content (AvgIpc) is 3.37. The summed E-state index contributed by atoms with van der Waals surface area (Å²) in [5, 5.41) is 18.4. The van der Waals surface area contributed by atoms with Crippen LogP contribution in [0, 0.1) is 5.41 Å². The molecule has 4 rings (SSSR count). The quantitative estimate of drug-likeness (QED) is 0.140. The number of thioether (sulfide) groups is 1. The number of ether oxygens (including phenoxy) is 2. The van der Waals surface area contributed by atoms with Crippen LogP contribution in [0.25, 0.3) is 11.3 Å². The lowest BCUT2D eigenvalue weighted by atomic mass is 10.1. The first-order chi connectivity index (χ1) is 18.9. The number of benzene rings is 2. The van der Waals surface area contributed by atoms with Crippen LogP contribution in [0.3, 0.4) is 0 Å². The lowest BCUT2D eigenvalue weighted by molar-refractivity contribution is 0.279. The van der Waals surface area contributed by atoms with E-state index in [1.54, 1.807) is 23.5 Å². The van der Waals surface area contributed by atoms with Crippen molar-refractivity contribution in [3.05, 3.63) is 52.9 Å². The third-order valence-corrected chi connectivity index (χ3v) is 8.77. The molecule has 3 aromatic rings. The van der Waals surface area contributed by atoms with Crippen molar-refractivity contribution in [3.8, 4) is 28.5 Å². The Labute approximate surface area is 239 Å². The number of nitrogens with zero attached hydrogens (tertiary/aromatic N) is 3. The molecule has 4 N–H and O–H groups in total. The van der Waals surface area contributed by atoms with Gasteiger partial charge in [-0.15, -0.1) is 11.3 Å². The molecule has 2 heterocycles. The van der Waals surface area contributed by atoms with Gasteiger partial charge in [-0.1, -0.05) is 0 Å². The molecule has 39 heavy (non-hydrogen) atoms. The molecular formula is C29H39N5O3S2. The highest BCUT2D eigenvalue weighted by Crippen LogP contribution is 2.34. The maximum atomic E-state index is 9.91. The fraction of sp³-hybridized carbons (Fsp3) is 0.448. The molecule has 0 unspecified atom stereocenters. The molecule has 0 amide bonds. The Bertz CT molecular complexity index is 1210. The highest BCUT2D eigenvalue weighted by molar-refractivity contribution is 7.99. The fourth-order valence-electron chi connectivity index (χ4n) is 4.31. The number of amidine groups is 1. The molecule has 0 saturated carbocycles. The van der Waals surface area contributed by atoms with Gasteiger partial charge in [-0.3, -0.25) is 5.41 Å². The van der Waals surface area contributed by atoms with E-state index in [2.05, 4.69) is 36.0 Å². The number of hydrogen-bond donors (Lipinski definition) is 3. The fourth-order valence-corrected chi connectivity index (χ4v) is 6.28. The van der Waals surface area contributed by atoms with Gasteiger partial charge in [0.1, 0.15) is 23.1 Å². The number of hydrogen-bond acceptors (Lipinski definition) is 9. The summed E-state index contributed by atoms with van der Waals surface area (Å²) in [6, 6.07) is 13.1. The first-order valence-corrected chi connectivity index (χ1v) is 15.4. The lowest BCUT2D eigenvalue weighted by Gasteiger charge is -2.25. The zero-order valence-electron chi connectivity index (χ0n) is 22.8. The van der Waals surface area contributed by atoms with Crippen LogP contribution in [-0.4, -0.2) is 79.3 Å². The summed E-state index contributed by atoms with van der Waals surface area (Å²) in [5.41, 5.74) is 7.96. The van der Waals surface area contributed by atoms with E-state index in [-0.39, 0.29) is 11.6 Å². The van der Waals surface area contributed by atoms with Gasteiger partial charge in [0.25, 0.3) is 0 Å². The number of aromatic nitrogens is 1. The summed E-state index contributed by atoms with van der Waals surface area (Å²) in [5.74, 6) is 3.70. The van der Waals surface area contributed by atoms with Gasteiger partial charge in [-0.05, 0) is 62.1 Å². The molecule has 1 saturated heterocycles. The Morgan fingerprint density at radius 3 is 2.33 bits per heavy atom. The monoisotopic (exact) mass is 569 g/mol. The molecule has 2 aromatic carbocycles. The number of phenolic OH excluding ortho intramolecular Hbond substituents is 1. The standard InChI is InChI=1S/C29H39N5O3S2/c1-33(2)29-32-27(26(39-29)12-13-34-14-18-38-19-15-34)21-6-8-22(9-7-21)36-16-4-3-5-17-37-23-10-11-24(28(30)31)25(35)20-23/h6-11,20,35H,3-5,12-19H2,1-2H3,(H3,30,31). The molecule has 0 spiro atoms. The number of nitrogens with two attached hydrogens (primary N) is 1. The second-order valence-electron chi connectivity index (χ2n) is 9.74. The SMILES string of the molecule is CN(C)c1nc(-c2ccc(OCCCCCOc3ccc(C(=N)N)c(O)c3)cc2)c(CCN2CCSCC2)s1. The van der Waals surface area contributed by atoms with Gasteiger partial charge in [0.2, 0.25) is 0 Å². The van der Waals surface area contributed by atoms with Crippen LogP contribution in [0.1, 0.15) is 29.7 Å². The number of anilines is 1. The predicted octanol–water partition coefficient (Wildman–Crippen LogP) is 5.09. The van der Waals surface area contributed by atoms with Gasteiger partial charge < -0.3 is 30.1 Å². The van der Waals surface area contributed by atoms with Crippen molar-refractivity contribution in [2.24, 2.45) is 5.73 Å². The van der Waals surface area contributed by atoms with Crippen molar-refractivity contribution in [2.75, 3.05) is 63.3 Å². The molecule has 10 heteroatoms. The Kier molecular flexibility index (Phi) is 10.8. The van der Waals surface area contributed by atoms with E-state index in [1.165, 1.54) is 35.5 Å². The Morgan fingerprint density at radius 1 is 1.03 bits per heavy atom. The maximum Gasteiger partial charge on any atom is 0.185 e. The van der Waals surface area contributed by atoms with Gasteiger partial charge in [0.15, 0.2) is 5.13 Å². The zero-order chi connectivity index (χ0) is 27.6. The summed E-state index contributed by atoms with van der Waals surface area (Å²) in [6.07, 6.45) is 3.81. The molecule has 0 bridgehead atoms. The minimum Gasteiger partial charge on any atom is -0.507 e. The molecule has 1 aliphatic heterocycles. The van der Waals surface area contributed by atoms with E-state index < -0.39 is 0 Å². The van der Waals surface area contributed by atoms with E-state index in [4.69, 9.17) is 25.6 Å². The van der Waals surface area contributed by atoms with E-state index in [0.29, 0.717) is 24.5 Å². The molecule has 1 aromatic heterocycles. The average molecular weight is 570 g/mol. The molecule has 0 atom stereocenters. The predicted molar refractivity (Wildman–Crippen MR) is 163 cm³/mol. The van der Waals surface area contributed by atoms with Crippen LogP contribution >= 0.6 is 23.1 Å². The number of unbranched alkanes of at least 4 members (excludes halogenated alkanes) is 2. The number of nitrogens with one attached hydrogen (secondary N) is 1. The minimum atomic E-state index is -0.164. The number of thiazole rings is 1. The highest BCUT2D eigenvalue weighted by atomic mass is 32.2. The van der Waals surface area contributed by atoms with Crippen LogP contribution in [0.15, 0.2) is 42.5 Å². The summed E-state index contributed by atoms with van der Waals surface area (Å²) >= 11 is 3.84. The van der Waals surface area contributed by atoms with E-state index in [9.17, 15) is 5.11 Å². The molecule has 8 nitrogen and oxygen atoms in total. The van der Waals surface area contributed by atoms with E-state index >= 15 is 0 Å². The lowest BCUT2D eigenvalue weighted by Crippen LogP contribution is -2.34. The first-order valence-electron chi connectivity index (χ1n) is 13.4. The second kappa shape index (κ2) is 14.4. The number of aromatic hydroxyl groups is 1. The first kappa shape index (κ1) is 29.0. The minimum absolute atomic E-state index is 0.0414. The second-order valence-corrected chi connectivity index (χ2v) is 12.0. The Morgan fingerprint density at radius 2 is 1.69 bits per heavy atom. The number of phenols is 1. The molecular weight excluding hydrogens is 530 g/mol.